The van der Waals surface area contributed by atoms with Crippen molar-refractivity contribution in [2.45, 2.75) is 0 Å². The topological polar surface area (TPSA) is 129 Å². The quantitative estimate of drug-likeness (QED) is 0.133. The van der Waals surface area contributed by atoms with E-state index in [9.17, 15) is 30.3 Å². The van der Waals surface area contributed by atoms with Crippen LogP contribution in [0.15, 0.2) is 72.8 Å². The minimum Gasteiger partial charge on any atom is -0.258 e. The molecular formula is C30H12Cl3N3O6. The molecular weight excluding hydrogens is 605 g/mol. The third-order valence-electron chi connectivity index (χ3n) is 5.55. The maximum atomic E-state index is 10.9. The molecule has 0 N–H and O–H groups in total. The van der Waals surface area contributed by atoms with Crippen LogP contribution in [0.25, 0.3) is 0 Å². The van der Waals surface area contributed by atoms with Gasteiger partial charge in [0.05, 0.1) is 46.5 Å². The lowest BCUT2D eigenvalue weighted by Crippen LogP contribution is -1.94. The van der Waals surface area contributed by atoms with Gasteiger partial charge in [-0.2, -0.15) is 0 Å². The van der Waals surface area contributed by atoms with Gasteiger partial charge < -0.3 is 0 Å². The average Bonchev–Trinajstić information content (AvgIpc) is 2.97. The van der Waals surface area contributed by atoms with Crippen molar-refractivity contribution in [3.8, 4) is 35.5 Å². The van der Waals surface area contributed by atoms with Crippen LogP contribution in [0.5, 0.6) is 0 Å². The van der Waals surface area contributed by atoms with Gasteiger partial charge in [-0.15, -0.1) is 0 Å². The molecule has 4 aromatic rings. The second kappa shape index (κ2) is 12.9. The van der Waals surface area contributed by atoms with Gasteiger partial charge in [-0.25, -0.2) is 0 Å². The van der Waals surface area contributed by atoms with Crippen LogP contribution in [-0.2, 0) is 0 Å². The van der Waals surface area contributed by atoms with E-state index in [-0.39, 0.29) is 48.8 Å². The lowest BCUT2D eigenvalue weighted by molar-refractivity contribution is -0.385. The summed E-state index contributed by atoms with van der Waals surface area (Å²) < 4.78 is 0. The van der Waals surface area contributed by atoms with Crippen molar-refractivity contribution in [2.75, 3.05) is 0 Å². The van der Waals surface area contributed by atoms with E-state index in [0.717, 1.165) is 0 Å². The van der Waals surface area contributed by atoms with Crippen molar-refractivity contribution in [1.29, 1.82) is 0 Å². The molecule has 4 aromatic carbocycles. The molecule has 0 atom stereocenters. The van der Waals surface area contributed by atoms with Gasteiger partial charge in [0.1, 0.15) is 0 Å². The van der Waals surface area contributed by atoms with Crippen molar-refractivity contribution in [3.63, 3.8) is 0 Å². The third kappa shape index (κ3) is 6.85. The molecule has 0 fully saturated rings. The van der Waals surface area contributed by atoms with Crippen LogP contribution in [0.4, 0.5) is 17.1 Å². The summed E-state index contributed by atoms with van der Waals surface area (Å²) in [4.78, 5) is 31.2. The van der Waals surface area contributed by atoms with E-state index in [1.54, 1.807) is 0 Å². The van der Waals surface area contributed by atoms with E-state index in [2.05, 4.69) is 35.5 Å². The van der Waals surface area contributed by atoms with Crippen LogP contribution in [0.2, 0.25) is 15.1 Å². The van der Waals surface area contributed by atoms with Crippen LogP contribution in [0, 0.1) is 65.9 Å². The van der Waals surface area contributed by atoms with Crippen molar-refractivity contribution >= 4 is 51.9 Å². The first-order valence-electron chi connectivity index (χ1n) is 11.5. The molecule has 0 amide bonds. The molecule has 0 aliphatic carbocycles. The summed E-state index contributed by atoms with van der Waals surface area (Å²) in [5.41, 5.74) is 1.45. The van der Waals surface area contributed by atoms with Crippen molar-refractivity contribution in [1.82, 2.24) is 0 Å². The molecule has 0 aromatic heterocycles. The lowest BCUT2D eigenvalue weighted by atomic mass is 10.0. The highest BCUT2D eigenvalue weighted by Gasteiger charge is 2.19. The maximum absolute atomic E-state index is 10.9. The molecule has 0 radical (unpaired) electrons. The molecule has 0 spiro atoms. The van der Waals surface area contributed by atoms with Crippen LogP contribution in [0.1, 0.15) is 33.4 Å². The Morgan fingerprint density at radius 1 is 0.405 bits per heavy atom. The molecule has 42 heavy (non-hydrogen) atoms. The zero-order valence-corrected chi connectivity index (χ0v) is 23.1. The standard InChI is InChI=1S/C30H12Cl3N3O6/c31-28-25(16-7-19-1-10-22(11-2-19)34(37)38)29(32)27(18-9-21-5-14-24(15-6-21)36(41)42)30(33)26(28)17-8-20-3-12-23(13-4-20)35(39)40/h1-6,10-15H. The SMILES string of the molecule is O=[N+]([O-])c1ccc(C#Cc2c(Cl)c(C#Cc3ccc([N+](=O)[O-])cc3)c(Cl)c(C#Cc3ccc([N+](=O)[O-])cc3)c2Cl)cc1. The normalized spacial score (nSPS) is 9.79. The first-order chi connectivity index (χ1) is 20.0. The fourth-order valence-electron chi connectivity index (χ4n) is 3.40. The Balaban J connectivity index is 1.84. The number of hydrogen-bond acceptors (Lipinski definition) is 6. The predicted molar refractivity (Wildman–Crippen MR) is 159 cm³/mol. The zero-order chi connectivity index (χ0) is 30.4. The zero-order valence-electron chi connectivity index (χ0n) is 20.9. The Labute approximate surface area is 253 Å². The summed E-state index contributed by atoms with van der Waals surface area (Å²) >= 11 is 20.0. The highest BCUT2D eigenvalue weighted by molar-refractivity contribution is 6.42. The molecule has 9 nitrogen and oxygen atoms in total. The van der Waals surface area contributed by atoms with Crippen molar-refractivity contribution in [3.05, 3.63) is 152 Å². The number of halogens is 3. The minimum absolute atomic E-state index is 0.0229. The van der Waals surface area contributed by atoms with Crippen LogP contribution in [0.3, 0.4) is 0 Å². The Bertz CT molecular complexity index is 1690. The summed E-state index contributed by atoms with van der Waals surface area (Å²) in [5, 5.41) is 32.9. The molecule has 0 aliphatic heterocycles. The Kier molecular flexibility index (Phi) is 9.07. The number of hydrogen-bond donors (Lipinski definition) is 0. The molecule has 12 heteroatoms. The van der Waals surface area contributed by atoms with Crippen molar-refractivity contribution in [2.24, 2.45) is 0 Å². The van der Waals surface area contributed by atoms with E-state index < -0.39 is 14.8 Å². The fourth-order valence-corrected chi connectivity index (χ4v) is 4.39. The lowest BCUT2D eigenvalue weighted by Gasteiger charge is -2.09. The van der Waals surface area contributed by atoms with E-state index in [1.165, 1.54) is 72.8 Å². The minimum atomic E-state index is -0.532. The highest BCUT2D eigenvalue weighted by atomic mass is 35.5. The van der Waals surface area contributed by atoms with E-state index in [1.807, 2.05) is 0 Å². The smallest absolute Gasteiger partial charge is 0.258 e. The van der Waals surface area contributed by atoms with Crippen molar-refractivity contribution < 1.29 is 14.8 Å². The second-order valence-electron chi connectivity index (χ2n) is 8.23. The predicted octanol–water partition coefficient (Wildman–Crippen LogP) is 7.57. The molecule has 4 rings (SSSR count). The van der Waals surface area contributed by atoms with Gasteiger partial charge in [0.2, 0.25) is 0 Å². The maximum Gasteiger partial charge on any atom is 0.269 e. The van der Waals surface area contributed by atoms with E-state index in [4.69, 9.17) is 34.8 Å². The van der Waals surface area contributed by atoms with Crippen LogP contribution >= 0.6 is 34.8 Å². The number of nitrogens with zero attached hydrogens (tertiary/aromatic N) is 3. The highest BCUT2D eigenvalue weighted by Crippen LogP contribution is 2.37. The number of rotatable bonds is 3. The molecule has 0 saturated carbocycles. The van der Waals surface area contributed by atoms with Gasteiger partial charge in [0.15, 0.2) is 0 Å². The van der Waals surface area contributed by atoms with Gasteiger partial charge in [0.25, 0.3) is 17.1 Å². The van der Waals surface area contributed by atoms with Gasteiger partial charge in [0, 0.05) is 53.1 Å². The molecule has 0 unspecified atom stereocenters. The number of nitro benzene ring substituents is 3. The Morgan fingerprint density at radius 2 is 0.619 bits per heavy atom. The summed E-state index contributed by atoms with van der Waals surface area (Å²) in [6, 6.07) is 16.6. The van der Waals surface area contributed by atoms with Crippen LogP contribution < -0.4 is 0 Å². The van der Waals surface area contributed by atoms with E-state index >= 15 is 0 Å². The molecule has 0 saturated heterocycles. The number of benzene rings is 4. The van der Waals surface area contributed by atoms with Crippen LogP contribution in [-0.4, -0.2) is 14.8 Å². The summed E-state index contributed by atoms with van der Waals surface area (Å²) in [7, 11) is 0. The third-order valence-corrected chi connectivity index (χ3v) is 6.68. The molecule has 0 aliphatic rings. The Hall–Kier alpha value is -5.37. The number of non-ortho nitro benzene ring substituents is 3. The summed E-state index contributed by atoms with van der Waals surface area (Å²) in [6.45, 7) is 0. The van der Waals surface area contributed by atoms with Gasteiger partial charge >= 0.3 is 0 Å². The first kappa shape index (κ1) is 29.6. The molecule has 0 heterocycles. The monoisotopic (exact) mass is 615 g/mol. The Morgan fingerprint density at radius 3 is 0.810 bits per heavy atom. The molecule has 0 bridgehead atoms. The second-order valence-corrected chi connectivity index (χ2v) is 9.36. The average molecular weight is 617 g/mol. The largest absolute Gasteiger partial charge is 0.269 e. The summed E-state index contributed by atoms with van der Waals surface area (Å²) in [5.74, 6) is 17.2. The first-order valence-corrected chi connectivity index (χ1v) is 12.7. The number of nitro groups is 3. The van der Waals surface area contributed by atoms with Gasteiger partial charge in [-0.1, -0.05) is 70.3 Å². The molecule has 204 valence electrons. The fraction of sp³-hybridized carbons (Fsp3) is 0. The summed E-state index contributed by atoms with van der Waals surface area (Å²) in [6.07, 6.45) is 0. The van der Waals surface area contributed by atoms with Gasteiger partial charge in [-0.3, -0.25) is 30.3 Å². The van der Waals surface area contributed by atoms with Gasteiger partial charge in [-0.05, 0) is 36.4 Å². The van der Waals surface area contributed by atoms with E-state index in [0.29, 0.717) is 16.7 Å².